The van der Waals surface area contributed by atoms with Crippen LogP contribution in [-0.4, -0.2) is 6.29 Å². The second kappa shape index (κ2) is 6.10. The van der Waals surface area contributed by atoms with Gasteiger partial charge in [0.15, 0.2) is 6.29 Å². The molecule has 0 N–H and O–H groups in total. The summed E-state index contributed by atoms with van der Waals surface area (Å²) in [5.74, 6) is 0. The van der Waals surface area contributed by atoms with E-state index in [1.54, 1.807) is 0 Å². The van der Waals surface area contributed by atoms with Gasteiger partial charge in [-0.25, -0.2) is 0 Å². The lowest BCUT2D eigenvalue weighted by molar-refractivity contribution is 0.112. The minimum absolute atomic E-state index is 0.838. The van der Waals surface area contributed by atoms with Gasteiger partial charge in [0.1, 0.15) is 0 Å². The number of thiophene rings is 1. The Morgan fingerprint density at radius 2 is 2.09 bits per heavy atom. The number of carbonyl (C=O) groups is 1. The fourth-order valence-corrected chi connectivity index (χ4v) is 1.23. The molecular weight excluding hydrogens is 156 g/mol. The molecule has 0 aliphatic rings. The quantitative estimate of drug-likeness (QED) is 0.591. The van der Waals surface area contributed by atoms with E-state index < -0.39 is 0 Å². The molecule has 1 rings (SSSR count). The minimum atomic E-state index is 0.838. The predicted molar refractivity (Wildman–Crippen MR) is 50.4 cm³/mol. The molecule has 0 aliphatic carbocycles. The number of carbonyl (C=O) groups excluding carboxylic acids is 1. The minimum Gasteiger partial charge on any atom is -0.297 e. The van der Waals surface area contributed by atoms with Crippen LogP contribution in [0.2, 0.25) is 0 Å². The molecule has 0 radical (unpaired) electrons. The molecule has 0 fully saturated rings. The Morgan fingerprint density at radius 1 is 1.55 bits per heavy atom. The summed E-state index contributed by atoms with van der Waals surface area (Å²) in [5.41, 5.74) is 1.07. The predicted octanol–water partition coefficient (Wildman–Crippen LogP) is 3.29. The molecule has 1 aromatic rings. The van der Waals surface area contributed by atoms with E-state index in [-0.39, 0.29) is 0 Å². The Kier molecular flexibility index (Phi) is 5.75. The van der Waals surface area contributed by atoms with Crippen LogP contribution in [0.25, 0.3) is 0 Å². The zero-order chi connectivity index (χ0) is 8.69. The summed E-state index contributed by atoms with van der Waals surface area (Å²) in [5, 5.41) is 1.92. The van der Waals surface area contributed by atoms with E-state index in [0.717, 1.165) is 16.7 Å². The topological polar surface area (TPSA) is 17.1 Å². The third-order valence-corrected chi connectivity index (χ3v) is 1.95. The van der Waals surface area contributed by atoms with Crippen molar-refractivity contribution in [3.63, 3.8) is 0 Å². The van der Waals surface area contributed by atoms with Gasteiger partial charge >= 0.3 is 0 Å². The van der Waals surface area contributed by atoms with Gasteiger partial charge in [0, 0.05) is 0 Å². The maximum absolute atomic E-state index is 10.1. The second-order valence-electron chi connectivity index (χ2n) is 2.29. The largest absolute Gasteiger partial charge is 0.297 e. The van der Waals surface area contributed by atoms with Gasteiger partial charge in [0.05, 0.1) is 4.88 Å². The monoisotopic (exact) mass is 170 g/mol. The summed E-state index contributed by atoms with van der Waals surface area (Å²) >= 11 is 1.48. The zero-order valence-electron chi connectivity index (χ0n) is 7.26. The van der Waals surface area contributed by atoms with Crippen molar-refractivity contribution in [2.24, 2.45) is 0 Å². The van der Waals surface area contributed by atoms with E-state index >= 15 is 0 Å². The first kappa shape index (κ1) is 10.4. The Morgan fingerprint density at radius 3 is 2.27 bits per heavy atom. The van der Waals surface area contributed by atoms with Crippen LogP contribution < -0.4 is 0 Å². The van der Waals surface area contributed by atoms with Crippen molar-refractivity contribution in [2.75, 3.05) is 0 Å². The number of rotatable bonds is 1. The van der Waals surface area contributed by atoms with Crippen molar-refractivity contribution in [1.82, 2.24) is 0 Å². The molecule has 1 nitrogen and oxygen atoms in total. The van der Waals surface area contributed by atoms with Gasteiger partial charge in [0.2, 0.25) is 0 Å². The Balaban J connectivity index is 0.000000292. The second-order valence-corrected chi connectivity index (χ2v) is 3.24. The van der Waals surface area contributed by atoms with E-state index in [1.807, 2.05) is 18.4 Å². The summed E-state index contributed by atoms with van der Waals surface area (Å²) in [7, 11) is 0. The molecule has 1 aromatic heterocycles. The molecule has 0 aromatic carbocycles. The third kappa shape index (κ3) is 3.94. The van der Waals surface area contributed by atoms with Gasteiger partial charge in [-0.1, -0.05) is 20.3 Å². The highest BCUT2D eigenvalue weighted by atomic mass is 32.1. The van der Waals surface area contributed by atoms with Crippen LogP contribution >= 0.6 is 11.3 Å². The van der Waals surface area contributed by atoms with Crippen molar-refractivity contribution in [2.45, 2.75) is 27.2 Å². The van der Waals surface area contributed by atoms with Crippen molar-refractivity contribution < 1.29 is 4.79 Å². The van der Waals surface area contributed by atoms with Crippen LogP contribution in [0.5, 0.6) is 0 Å². The van der Waals surface area contributed by atoms with E-state index in [2.05, 4.69) is 13.8 Å². The Bertz CT molecular complexity index is 203. The van der Waals surface area contributed by atoms with Crippen molar-refractivity contribution >= 4 is 17.6 Å². The number of hydrogen-bond acceptors (Lipinski definition) is 2. The number of aldehydes is 1. The van der Waals surface area contributed by atoms with E-state index in [9.17, 15) is 4.79 Å². The summed E-state index contributed by atoms with van der Waals surface area (Å²) in [6, 6.07) is 1.94. The van der Waals surface area contributed by atoms with Gasteiger partial charge in [-0.15, -0.1) is 11.3 Å². The van der Waals surface area contributed by atoms with Crippen molar-refractivity contribution in [1.29, 1.82) is 0 Å². The molecule has 0 saturated heterocycles. The highest BCUT2D eigenvalue weighted by Gasteiger charge is 1.93. The smallest absolute Gasteiger partial charge is 0.160 e. The summed E-state index contributed by atoms with van der Waals surface area (Å²) in [4.78, 5) is 10.9. The molecule has 0 bridgehead atoms. The lowest BCUT2D eigenvalue weighted by Gasteiger charge is -1.79. The molecule has 1 heterocycles. The summed E-state index contributed by atoms with van der Waals surface area (Å²) < 4.78 is 0. The maximum Gasteiger partial charge on any atom is 0.160 e. The number of hydrogen-bond donors (Lipinski definition) is 0. The van der Waals surface area contributed by atoms with Gasteiger partial charge in [-0.3, -0.25) is 4.79 Å². The van der Waals surface area contributed by atoms with E-state index in [4.69, 9.17) is 0 Å². The molecular formula is C9H14OS. The average molecular weight is 170 g/mol. The first-order chi connectivity index (χ1) is 5.26. The van der Waals surface area contributed by atoms with Gasteiger partial charge < -0.3 is 0 Å². The molecule has 0 aliphatic heterocycles. The highest BCUT2D eigenvalue weighted by molar-refractivity contribution is 7.11. The maximum atomic E-state index is 10.1. The fraction of sp³-hybridized carbons (Fsp3) is 0.444. The molecule has 0 saturated carbocycles. The highest BCUT2D eigenvalue weighted by Crippen LogP contribution is 2.11. The fourth-order valence-electron chi connectivity index (χ4n) is 0.505. The van der Waals surface area contributed by atoms with E-state index in [1.165, 1.54) is 17.8 Å². The normalized spacial score (nSPS) is 8.27. The van der Waals surface area contributed by atoms with Gasteiger partial charge in [0.25, 0.3) is 0 Å². The molecule has 0 amide bonds. The Hall–Kier alpha value is -0.630. The van der Waals surface area contributed by atoms with Crippen LogP contribution in [0.4, 0.5) is 0 Å². The summed E-state index contributed by atoms with van der Waals surface area (Å²) in [6.07, 6.45) is 2.14. The van der Waals surface area contributed by atoms with Crippen LogP contribution in [0, 0.1) is 6.92 Å². The molecule has 62 valence electrons. The van der Waals surface area contributed by atoms with E-state index in [0.29, 0.717) is 0 Å². The van der Waals surface area contributed by atoms with Crippen molar-refractivity contribution in [3.05, 3.63) is 21.9 Å². The van der Waals surface area contributed by atoms with Crippen LogP contribution in [0.15, 0.2) is 11.4 Å². The first-order valence-corrected chi connectivity index (χ1v) is 4.63. The van der Waals surface area contributed by atoms with Gasteiger partial charge in [-0.2, -0.15) is 0 Å². The number of aryl methyl sites for hydroxylation is 1. The van der Waals surface area contributed by atoms with Crippen LogP contribution in [-0.2, 0) is 0 Å². The molecule has 0 unspecified atom stereocenters. The molecule has 0 atom stereocenters. The summed E-state index contributed by atoms with van der Waals surface area (Å²) in [6.45, 7) is 6.18. The molecule has 0 spiro atoms. The van der Waals surface area contributed by atoms with Crippen LogP contribution in [0.1, 0.15) is 35.5 Å². The zero-order valence-corrected chi connectivity index (χ0v) is 8.07. The average Bonchev–Trinajstić information content (AvgIpc) is 2.36. The SMILES string of the molecule is CCC.Cc1ccsc1C=O. The molecule has 2 heteroatoms. The third-order valence-electron chi connectivity index (χ3n) is 1.01. The first-order valence-electron chi connectivity index (χ1n) is 3.75. The van der Waals surface area contributed by atoms with Crippen LogP contribution in [0.3, 0.4) is 0 Å². The lowest BCUT2D eigenvalue weighted by Crippen LogP contribution is -1.72. The molecule has 11 heavy (non-hydrogen) atoms. The standard InChI is InChI=1S/C6H6OS.C3H8/c1-5-2-3-8-6(5)4-7;1-3-2/h2-4H,1H3;3H2,1-2H3. The lowest BCUT2D eigenvalue weighted by atomic mass is 10.3. The van der Waals surface area contributed by atoms with Crippen molar-refractivity contribution in [3.8, 4) is 0 Å². The Labute approximate surface area is 72.1 Å². The van der Waals surface area contributed by atoms with Gasteiger partial charge in [-0.05, 0) is 23.9 Å².